The first-order valence-electron chi connectivity index (χ1n) is 15.3. The summed E-state index contributed by atoms with van der Waals surface area (Å²) in [6.45, 7) is 9.17. The molecule has 0 aromatic heterocycles. The third-order valence-corrected chi connectivity index (χ3v) is 10.2. The third kappa shape index (κ3) is 7.55. The zero-order valence-corrected chi connectivity index (χ0v) is 27.2. The summed E-state index contributed by atoms with van der Waals surface area (Å²) in [5.41, 5.74) is 2.43. The number of para-hydroxylation sites is 1. The molecule has 0 aliphatic carbocycles. The Bertz CT molecular complexity index is 1500. The number of nitrogens with zero attached hydrogens (tertiary/aromatic N) is 4. The minimum atomic E-state index is -3.51. The van der Waals surface area contributed by atoms with Crippen LogP contribution in [0.1, 0.15) is 42.1 Å². The number of piperidine rings is 1. The molecule has 238 valence electrons. The van der Waals surface area contributed by atoms with Gasteiger partial charge in [0.1, 0.15) is 0 Å². The van der Waals surface area contributed by atoms with Crippen LogP contribution in [0.4, 0.5) is 11.4 Å². The highest BCUT2D eigenvalue weighted by Crippen LogP contribution is 2.33. The van der Waals surface area contributed by atoms with E-state index in [-0.39, 0.29) is 23.6 Å². The number of nitrogens with one attached hydrogen (secondary N) is 1. The highest BCUT2D eigenvalue weighted by atomic mass is 35.5. The largest absolute Gasteiger partial charge is 0.343 e. The first-order valence-corrected chi connectivity index (χ1v) is 17.6. The van der Waals surface area contributed by atoms with Gasteiger partial charge in [-0.25, -0.2) is 8.42 Å². The van der Waals surface area contributed by atoms with Crippen LogP contribution in [0.2, 0.25) is 5.02 Å². The summed E-state index contributed by atoms with van der Waals surface area (Å²) >= 11 is 6.46. The Kier molecular flexibility index (Phi) is 9.86. The van der Waals surface area contributed by atoms with E-state index in [0.717, 1.165) is 43.6 Å². The number of carbonyl (C=O) groups is 3. The van der Waals surface area contributed by atoms with Gasteiger partial charge in [-0.15, -0.1) is 0 Å². The SMILES string of the molecule is CC(=O)N1CCC(C(=O)N(CCCN2CC3CN(C(=O)c4ccccc4NS(C)(=O)=O)CC3C2)c2ccc(C)c(Cl)c2)CC1. The normalized spacial score (nSPS) is 20.9. The molecular formula is C32H42ClN5O5S. The molecule has 2 unspecified atom stereocenters. The molecule has 5 rings (SSSR count). The van der Waals surface area contributed by atoms with Crippen LogP contribution < -0.4 is 9.62 Å². The Morgan fingerprint density at radius 3 is 2.25 bits per heavy atom. The molecule has 0 radical (unpaired) electrons. The van der Waals surface area contributed by atoms with Crippen LogP contribution in [0.5, 0.6) is 0 Å². The number of halogens is 1. The molecule has 2 aromatic rings. The van der Waals surface area contributed by atoms with E-state index in [0.29, 0.717) is 73.7 Å². The zero-order chi connectivity index (χ0) is 31.6. The fourth-order valence-corrected chi connectivity index (χ4v) is 7.55. The number of hydrogen-bond donors (Lipinski definition) is 1. The van der Waals surface area contributed by atoms with Gasteiger partial charge < -0.3 is 19.6 Å². The number of hydrogen-bond acceptors (Lipinski definition) is 6. The minimum Gasteiger partial charge on any atom is -0.343 e. The van der Waals surface area contributed by atoms with Crippen LogP contribution in [-0.2, 0) is 19.6 Å². The zero-order valence-electron chi connectivity index (χ0n) is 25.7. The van der Waals surface area contributed by atoms with Gasteiger partial charge in [0.05, 0.1) is 17.5 Å². The molecule has 3 fully saturated rings. The second kappa shape index (κ2) is 13.5. The van der Waals surface area contributed by atoms with Crippen LogP contribution in [0, 0.1) is 24.7 Å². The van der Waals surface area contributed by atoms with Crippen molar-refractivity contribution in [1.82, 2.24) is 14.7 Å². The molecule has 3 aliphatic rings. The molecule has 44 heavy (non-hydrogen) atoms. The predicted octanol–water partition coefficient (Wildman–Crippen LogP) is 3.71. The van der Waals surface area contributed by atoms with E-state index in [1.54, 1.807) is 36.1 Å². The summed E-state index contributed by atoms with van der Waals surface area (Å²) in [7, 11) is -3.51. The van der Waals surface area contributed by atoms with E-state index in [9.17, 15) is 22.8 Å². The van der Waals surface area contributed by atoms with Crippen molar-refractivity contribution in [3.8, 4) is 0 Å². The number of fused-ring (bicyclic) bond motifs is 1. The van der Waals surface area contributed by atoms with Gasteiger partial charge in [-0.1, -0.05) is 29.8 Å². The number of anilines is 2. The van der Waals surface area contributed by atoms with E-state index in [2.05, 4.69) is 9.62 Å². The fourth-order valence-electron chi connectivity index (χ4n) is 6.80. The predicted molar refractivity (Wildman–Crippen MR) is 172 cm³/mol. The van der Waals surface area contributed by atoms with Crippen molar-refractivity contribution >= 4 is 50.7 Å². The van der Waals surface area contributed by atoms with Crippen LogP contribution in [-0.4, -0.2) is 99.5 Å². The van der Waals surface area contributed by atoms with Crippen molar-refractivity contribution in [1.29, 1.82) is 0 Å². The average molecular weight is 644 g/mol. The molecule has 0 saturated carbocycles. The lowest BCUT2D eigenvalue weighted by Crippen LogP contribution is -2.44. The van der Waals surface area contributed by atoms with Gasteiger partial charge in [-0.05, 0) is 74.4 Å². The van der Waals surface area contributed by atoms with Gasteiger partial charge in [0, 0.05) is 69.4 Å². The smallest absolute Gasteiger partial charge is 0.256 e. The van der Waals surface area contributed by atoms with Crippen molar-refractivity contribution in [2.24, 2.45) is 17.8 Å². The molecule has 12 heteroatoms. The maximum atomic E-state index is 13.8. The summed E-state index contributed by atoms with van der Waals surface area (Å²) in [6, 6.07) is 12.5. The Hall–Kier alpha value is -3.15. The number of amides is 3. The molecular weight excluding hydrogens is 602 g/mol. The highest BCUT2D eigenvalue weighted by Gasteiger charge is 2.42. The molecule has 3 saturated heterocycles. The van der Waals surface area contributed by atoms with E-state index in [1.165, 1.54) is 0 Å². The first kappa shape index (κ1) is 32.2. The quantitative estimate of drug-likeness (QED) is 0.446. The van der Waals surface area contributed by atoms with E-state index in [1.807, 2.05) is 34.9 Å². The van der Waals surface area contributed by atoms with Crippen LogP contribution in [0.3, 0.4) is 0 Å². The molecule has 2 aromatic carbocycles. The lowest BCUT2D eigenvalue weighted by Gasteiger charge is -2.34. The summed E-state index contributed by atoms with van der Waals surface area (Å²) in [4.78, 5) is 46.8. The van der Waals surface area contributed by atoms with Crippen molar-refractivity contribution in [2.45, 2.75) is 33.1 Å². The van der Waals surface area contributed by atoms with Crippen molar-refractivity contribution in [3.63, 3.8) is 0 Å². The number of rotatable bonds is 9. The second-order valence-electron chi connectivity index (χ2n) is 12.5. The number of sulfonamides is 1. The topological polar surface area (TPSA) is 110 Å². The van der Waals surface area contributed by atoms with Gasteiger partial charge in [-0.3, -0.25) is 19.1 Å². The number of aryl methyl sites for hydroxylation is 1. The standard InChI is InChI=1S/C32H42ClN5O5S/c1-22-9-10-27(17-29(22)33)38(31(40)24-11-15-36(16-12-24)23(2)39)14-6-13-35-18-25-20-37(21-26(25)19-35)32(41)28-7-4-5-8-30(28)34-44(3,42)43/h4-5,7-10,17,24-26,34H,6,11-16,18-21H2,1-3H3. The lowest BCUT2D eigenvalue weighted by atomic mass is 9.94. The molecule has 1 N–H and O–H groups in total. The number of likely N-dealkylation sites (tertiary alicyclic amines) is 3. The monoisotopic (exact) mass is 643 g/mol. The minimum absolute atomic E-state index is 0.0507. The molecule has 3 amide bonds. The fraction of sp³-hybridized carbons (Fsp3) is 0.531. The molecule has 0 bridgehead atoms. The summed E-state index contributed by atoms with van der Waals surface area (Å²) < 4.78 is 26.1. The Morgan fingerprint density at radius 1 is 0.977 bits per heavy atom. The van der Waals surface area contributed by atoms with Crippen LogP contribution in [0.15, 0.2) is 42.5 Å². The van der Waals surface area contributed by atoms with Gasteiger partial charge in [0.2, 0.25) is 21.8 Å². The second-order valence-corrected chi connectivity index (χ2v) is 14.6. The molecule has 0 spiro atoms. The van der Waals surface area contributed by atoms with E-state index < -0.39 is 10.0 Å². The van der Waals surface area contributed by atoms with Crippen molar-refractivity contribution < 1.29 is 22.8 Å². The number of benzene rings is 2. The maximum Gasteiger partial charge on any atom is 0.256 e. The van der Waals surface area contributed by atoms with Gasteiger partial charge in [0.25, 0.3) is 5.91 Å². The van der Waals surface area contributed by atoms with Crippen LogP contribution in [0.25, 0.3) is 0 Å². The molecule has 3 aliphatic heterocycles. The Balaban J connectivity index is 1.17. The molecule has 2 atom stereocenters. The Labute approximate surface area is 265 Å². The summed E-state index contributed by atoms with van der Waals surface area (Å²) in [5.74, 6) is 0.569. The first-order chi connectivity index (χ1) is 20.9. The van der Waals surface area contributed by atoms with Crippen molar-refractivity contribution in [2.75, 3.05) is 68.2 Å². The summed E-state index contributed by atoms with van der Waals surface area (Å²) in [5, 5.41) is 0.632. The lowest BCUT2D eigenvalue weighted by molar-refractivity contribution is -0.133. The van der Waals surface area contributed by atoms with Crippen LogP contribution >= 0.6 is 11.6 Å². The highest BCUT2D eigenvalue weighted by molar-refractivity contribution is 7.92. The Morgan fingerprint density at radius 2 is 1.64 bits per heavy atom. The summed E-state index contributed by atoms with van der Waals surface area (Å²) in [6.07, 6.45) is 3.20. The van der Waals surface area contributed by atoms with Gasteiger partial charge in [-0.2, -0.15) is 0 Å². The molecule has 10 nitrogen and oxygen atoms in total. The molecule has 3 heterocycles. The average Bonchev–Trinajstić information content (AvgIpc) is 3.55. The maximum absolute atomic E-state index is 13.8. The third-order valence-electron chi connectivity index (χ3n) is 9.18. The van der Waals surface area contributed by atoms with Gasteiger partial charge in [0.15, 0.2) is 0 Å². The van der Waals surface area contributed by atoms with Gasteiger partial charge >= 0.3 is 0 Å². The van der Waals surface area contributed by atoms with E-state index in [4.69, 9.17) is 11.6 Å². The van der Waals surface area contributed by atoms with E-state index >= 15 is 0 Å². The van der Waals surface area contributed by atoms with Crippen molar-refractivity contribution in [3.05, 3.63) is 58.6 Å². The number of carbonyl (C=O) groups excluding carboxylic acids is 3.